The molecule has 1 aliphatic heterocycles. The van der Waals surface area contributed by atoms with Gasteiger partial charge in [-0.15, -0.1) is 5.10 Å². The molecular formula is C12H12N4O3. The number of nitrogens with zero attached hydrogens (tertiary/aromatic N) is 3. The molecule has 0 saturated carbocycles. The summed E-state index contributed by atoms with van der Waals surface area (Å²) >= 11 is 0. The number of benzene rings is 1. The predicted octanol–water partition coefficient (Wildman–Crippen LogP) is 0.196. The van der Waals surface area contributed by atoms with Crippen molar-refractivity contribution in [2.24, 2.45) is 5.73 Å². The number of nitrogens with two attached hydrogens (primary N) is 1. The molecule has 7 nitrogen and oxygen atoms in total. The number of hydrogen-bond acceptors (Lipinski definition) is 5. The first-order chi connectivity index (χ1) is 9.22. The number of primary amides is 1. The third kappa shape index (κ3) is 2.35. The minimum atomic E-state index is -0.589. The molecule has 7 heteroatoms. The third-order valence-corrected chi connectivity index (χ3v) is 2.74. The molecule has 19 heavy (non-hydrogen) atoms. The molecule has 0 radical (unpaired) electrons. The van der Waals surface area contributed by atoms with Crippen molar-refractivity contribution in [3.8, 4) is 11.5 Å². The minimum Gasteiger partial charge on any atom is -0.486 e. The number of ether oxygens (including phenoxy) is 2. The Kier molecular flexibility index (Phi) is 2.79. The maximum absolute atomic E-state index is 10.9. The zero-order chi connectivity index (χ0) is 13.2. The molecule has 98 valence electrons. The number of rotatable bonds is 3. The Hall–Kier alpha value is -2.57. The molecule has 1 aromatic carbocycles. The van der Waals surface area contributed by atoms with Crippen LogP contribution < -0.4 is 15.2 Å². The summed E-state index contributed by atoms with van der Waals surface area (Å²) in [5.41, 5.74) is 6.25. The van der Waals surface area contributed by atoms with Gasteiger partial charge in [0.1, 0.15) is 13.2 Å². The highest BCUT2D eigenvalue weighted by molar-refractivity contribution is 5.90. The number of amides is 1. The Morgan fingerprint density at radius 1 is 1.32 bits per heavy atom. The van der Waals surface area contributed by atoms with E-state index < -0.39 is 5.91 Å². The first-order valence-electron chi connectivity index (χ1n) is 5.81. The van der Waals surface area contributed by atoms with Crippen molar-refractivity contribution in [2.45, 2.75) is 6.54 Å². The highest BCUT2D eigenvalue weighted by Gasteiger charge is 2.12. The molecule has 0 aliphatic carbocycles. The Bertz CT molecular complexity index is 623. The second-order valence-electron chi connectivity index (χ2n) is 4.14. The Labute approximate surface area is 108 Å². The first-order valence-corrected chi connectivity index (χ1v) is 5.81. The molecule has 0 atom stereocenters. The third-order valence-electron chi connectivity index (χ3n) is 2.74. The van der Waals surface area contributed by atoms with Gasteiger partial charge in [-0.2, -0.15) is 0 Å². The molecule has 0 spiro atoms. The molecular weight excluding hydrogens is 248 g/mol. The van der Waals surface area contributed by atoms with Crippen LogP contribution in [0.2, 0.25) is 0 Å². The molecule has 2 N–H and O–H groups in total. The van der Waals surface area contributed by atoms with E-state index in [-0.39, 0.29) is 5.69 Å². The van der Waals surface area contributed by atoms with Crippen LogP contribution >= 0.6 is 0 Å². The van der Waals surface area contributed by atoms with Crippen LogP contribution in [0.5, 0.6) is 11.5 Å². The second-order valence-corrected chi connectivity index (χ2v) is 4.14. The van der Waals surface area contributed by atoms with Gasteiger partial charge < -0.3 is 15.2 Å². The number of aromatic nitrogens is 3. The van der Waals surface area contributed by atoms with Crippen molar-refractivity contribution in [2.75, 3.05) is 13.2 Å². The molecule has 0 unspecified atom stereocenters. The maximum Gasteiger partial charge on any atom is 0.270 e. The summed E-state index contributed by atoms with van der Waals surface area (Å²) in [6.45, 7) is 1.60. The summed E-state index contributed by atoms with van der Waals surface area (Å²) in [6.07, 6.45) is 1.51. The summed E-state index contributed by atoms with van der Waals surface area (Å²) in [4.78, 5) is 10.9. The van der Waals surface area contributed by atoms with Gasteiger partial charge in [-0.3, -0.25) is 4.79 Å². The summed E-state index contributed by atoms with van der Waals surface area (Å²) < 4.78 is 12.5. The van der Waals surface area contributed by atoms with E-state index in [0.717, 1.165) is 17.1 Å². The van der Waals surface area contributed by atoms with Crippen molar-refractivity contribution in [1.29, 1.82) is 0 Å². The fourth-order valence-corrected chi connectivity index (χ4v) is 1.86. The molecule has 2 aromatic rings. The van der Waals surface area contributed by atoms with Crippen LogP contribution in [0.4, 0.5) is 0 Å². The van der Waals surface area contributed by atoms with Crippen LogP contribution in [0.1, 0.15) is 16.1 Å². The molecule has 1 aromatic heterocycles. The van der Waals surface area contributed by atoms with Crippen molar-refractivity contribution >= 4 is 5.91 Å². The Balaban J connectivity index is 1.80. The number of hydrogen-bond donors (Lipinski definition) is 1. The smallest absolute Gasteiger partial charge is 0.270 e. The topological polar surface area (TPSA) is 92.3 Å². The maximum atomic E-state index is 10.9. The van der Waals surface area contributed by atoms with Gasteiger partial charge in [0.2, 0.25) is 0 Å². The largest absolute Gasteiger partial charge is 0.486 e. The van der Waals surface area contributed by atoms with Gasteiger partial charge in [-0.05, 0) is 17.7 Å². The van der Waals surface area contributed by atoms with Crippen molar-refractivity contribution in [1.82, 2.24) is 15.0 Å². The van der Waals surface area contributed by atoms with E-state index in [0.29, 0.717) is 19.8 Å². The number of carbonyl (C=O) groups is 1. The standard InChI is InChI=1S/C12H12N4O3/c13-12(17)9-7-16(15-14-9)6-8-1-2-10-11(5-8)19-4-3-18-10/h1-2,5,7H,3-4,6H2,(H2,13,17). The van der Waals surface area contributed by atoms with Crippen LogP contribution in [0, 0.1) is 0 Å². The average molecular weight is 260 g/mol. The van der Waals surface area contributed by atoms with Gasteiger partial charge in [0.25, 0.3) is 5.91 Å². The highest BCUT2D eigenvalue weighted by atomic mass is 16.6. The van der Waals surface area contributed by atoms with Crippen molar-refractivity contribution < 1.29 is 14.3 Å². The van der Waals surface area contributed by atoms with Crippen LogP contribution in [0.25, 0.3) is 0 Å². The van der Waals surface area contributed by atoms with Gasteiger partial charge in [0.05, 0.1) is 12.7 Å². The summed E-state index contributed by atoms with van der Waals surface area (Å²) in [7, 11) is 0. The van der Waals surface area contributed by atoms with E-state index in [4.69, 9.17) is 15.2 Å². The van der Waals surface area contributed by atoms with Gasteiger partial charge in [0, 0.05) is 0 Å². The van der Waals surface area contributed by atoms with Crippen molar-refractivity contribution in [3.05, 3.63) is 35.7 Å². The van der Waals surface area contributed by atoms with Crippen molar-refractivity contribution in [3.63, 3.8) is 0 Å². The average Bonchev–Trinajstić information content (AvgIpc) is 2.87. The predicted molar refractivity (Wildman–Crippen MR) is 65.1 cm³/mol. The molecule has 3 rings (SSSR count). The lowest BCUT2D eigenvalue weighted by Crippen LogP contribution is -2.15. The lowest BCUT2D eigenvalue weighted by molar-refractivity contribution is 0.0995. The van der Waals surface area contributed by atoms with E-state index in [9.17, 15) is 4.79 Å². The molecule has 1 aliphatic rings. The van der Waals surface area contributed by atoms with Crippen LogP contribution in [0.3, 0.4) is 0 Å². The van der Waals surface area contributed by atoms with Gasteiger partial charge in [-0.1, -0.05) is 11.3 Å². The minimum absolute atomic E-state index is 0.151. The lowest BCUT2D eigenvalue weighted by Gasteiger charge is -2.18. The van der Waals surface area contributed by atoms with Crippen LogP contribution in [0.15, 0.2) is 24.4 Å². The van der Waals surface area contributed by atoms with E-state index in [1.165, 1.54) is 6.20 Å². The van der Waals surface area contributed by atoms with Gasteiger partial charge in [0.15, 0.2) is 17.2 Å². The Morgan fingerprint density at radius 3 is 2.84 bits per heavy atom. The highest BCUT2D eigenvalue weighted by Crippen LogP contribution is 2.30. The second kappa shape index (κ2) is 4.60. The quantitative estimate of drug-likeness (QED) is 0.850. The molecule has 1 amide bonds. The molecule has 0 saturated heterocycles. The fraction of sp³-hybridized carbons (Fsp3) is 0.250. The molecule has 0 bridgehead atoms. The number of carbonyl (C=O) groups excluding carboxylic acids is 1. The van der Waals surface area contributed by atoms with E-state index >= 15 is 0 Å². The molecule has 2 heterocycles. The van der Waals surface area contributed by atoms with Gasteiger partial charge >= 0.3 is 0 Å². The zero-order valence-electron chi connectivity index (χ0n) is 10.1. The van der Waals surface area contributed by atoms with E-state index in [2.05, 4.69) is 10.3 Å². The summed E-state index contributed by atoms with van der Waals surface area (Å²) in [5, 5.41) is 7.52. The fourth-order valence-electron chi connectivity index (χ4n) is 1.86. The van der Waals surface area contributed by atoms with Crippen LogP contribution in [-0.4, -0.2) is 34.1 Å². The monoisotopic (exact) mass is 260 g/mol. The van der Waals surface area contributed by atoms with E-state index in [1.807, 2.05) is 18.2 Å². The zero-order valence-corrected chi connectivity index (χ0v) is 10.1. The normalized spacial score (nSPS) is 13.3. The SMILES string of the molecule is NC(=O)c1cn(Cc2ccc3c(c2)OCCO3)nn1. The Morgan fingerprint density at radius 2 is 2.11 bits per heavy atom. The molecule has 0 fully saturated rings. The lowest BCUT2D eigenvalue weighted by atomic mass is 10.2. The first kappa shape index (κ1) is 11.5. The number of fused-ring (bicyclic) bond motifs is 1. The van der Waals surface area contributed by atoms with Crippen LogP contribution in [-0.2, 0) is 6.54 Å². The van der Waals surface area contributed by atoms with Gasteiger partial charge in [-0.25, -0.2) is 4.68 Å². The van der Waals surface area contributed by atoms with E-state index in [1.54, 1.807) is 4.68 Å². The summed E-state index contributed by atoms with van der Waals surface area (Å²) in [6, 6.07) is 5.66. The summed E-state index contributed by atoms with van der Waals surface area (Å²) in [5.74, 6) is 0.874.